The first kappa shape index (κ1) is 27.2. The highest BCUT2D eigenvalue weighted by Crippen LogP contribution is 2.28. The van der Waals surface area contributed by atoms with E-state index in [4.69, 9.17) is 23.2 Å². The number of nitrogens with zero attached hydrogens (tertiary/aromatic N) is 1. The van der Waals surface area contributed by atoms with Gasteiger partial charge in [-0.2, -0.15) is 0 Å². The van der Waals surface area contributed by atoms with Crippen molar-refractivity contribution in [2.45, 2.75) is 84.8 Å². The average Bonchev–Trinajstić information content (AvgIpc) is 2.73. The van der Waals surface area contributed by atoms with Crippen molar-refractivity contribution in [1.29, 1.82) is 0 Å². The third-order valence-corrected chi connectivity index (χ3v) is 6.36. The summed E-state index contributed by atoms with van der Waals surface area (Å²) in [6.07, 6.45) is 1.38. The zero-order chi connectivity index (χ0) is 24.8. The standard InChI is InChI=1S/C27H36Cl2N2O2/c1-7-24(26(33)30-18(2)3)31(17-21-22(28)9-8-10-23(21)29)25(32)16-13-19-11-14-20(15-12-19)27(4,5)6/h8-12,14-15,18,24H,7,13,16-17H2,1-6H3,(H,30,33)/t24-/m1/s1. The van der Waals surface area contributed by atoms with Gasteiger partial charge in [-0.25, -0.2) is 0 Å². The third kappa shape index (κ3) is 7.75. The normalized spacial score (nSPS) is 12.5. The molecule has 0 spiro atoms. The van der Waals surface area contributed by atoms with E-state index in [2.05, 4.69) is 50.4 Å². The highest BCUT2D eigenvalue weighted by atomic mass is 35.5. The summed E-state index contributed by atoms with van der Waals surface area (Å²) < 4.78 is 0. The zero-order valence-electron chi connectivity index (χ0n) is 20.5. The Morgan fingerprint density at radius 1 is 1.00 bits per heavy atom. The van der Waals surface area contributed by atoms with Crippen molar-refractivity contribution in [3.8, 4) is 0 Å². The van der Waals surface area contributed by atoms with Gasteiger partial charge in [0.2, 0.25) is 11.8 Å². The van der Waals surface area contributed by atoms with E-state index >= 15 is 0 Å². The van der Waals surface area contributed by atoms with E-state index < -0.39 is 6.04 Å². The second-order valence-electron chi connectivity index (χ2n) is 9.76. The molecule has 0 heterocycles. The summed E-state index contributed by atoms with van der Waals surface area (Å²) in [6, 6.07) is 13.0. The van der Waals surface area contributed by atoms with Gasteiger partial charge < -0.3 is 10.2 Å². The molecular weight excluding hydrogens is 455 g/mol. The molecule has 2 amide bonds. The average molecular weight is 492 g/mol. The van der Waals surface area contributed by atoms with Crippen molar-refractivity contribution in [3.05, 3.63) is 69.2 Å². The number of nitrogens with one attached hydrogen (secondary N) is 1. The number of amides is 2. The molecule has 1 N–H and O–H groups in total. The smallest absolute Gasteiger partial charge is 0.243 e. The molecule has 0 fully saturated rings. The molecule has 2 aromatic rings. The van der Waals surface area contributed by atoms with Crippen LogP contribution in [0.5, 0.6) is 0 Å². The molecule has 0 saturated heterocycles. The number of carbonyl (C=O) groups excluding carboxylic acids is 2. The molecule has 0 saturated carbocycles. The lowest BCUT2D eigenvalue weighted by atomic mass is 9.86. The van der Waals surface area contributed by atoms with E-state index in [0.29, 0.717) is 34.9 Å². The van der Waals surface area contributed by atoms with Crippen molar-refractivity contribution in [3.63, 3.8) is 0 Å². The Morgan fingerprint density at radius 2 is 1.58 bits per heavy atom. The second kappa shape index (κ2) is 11.9. The summed E-state index contributed by atoms with van der Waals surface area (Å²) in [5, 5.41) is 3.91. The second-order valence-corrected chi connectivity index (χ2v) is 10.6. The van der Waals surface area contributed by atoms with Gasteiger partial charge in [-0.05, 0) is 55.4 Å². The van der Waals surface area contributed by atoms with Gasteiger partial charge in [0, 0.05) is 34.6 Å². The molecule has 4 nitrogen and oxygen atoms in total. The summed E-state index contributed by atoms with van der Waals surface area (Å²) >= 11 is 12.8. The lowest BCUT2D eigenvalue weighted by molar-refractivity contribution is -0.141. The maximum atomic E-state index is 13.4. The number of hydrogen-bond donors (Lipinski definition) is 1. The SMILES string of the molecule is CC[C@H](C(=O)NC(C)C)N(Cc1c(Cl)cccc1Cl)C(=O)CCc1ccc(C(C)(C)C)cc1. The van der Waals surface area contributed by atoms with Crippen LogP contribution in [0, 0.1) is 0 Å². The summed E-state index contributed by atoms with van der Waals surface area (Å²) in [7, 11) is 0. The summed E-state index contributed by atoms with van der Waals surface area (Å²) in [4.78, 5) is 28.0. The first-order chi connectivity index (χ1) is 15.4. The summed E-state index contributed by atoms with van der Waals surface area (Å²) in [5.41, 5.74) is 3.08. The van der Waals surface area contributed by atoms with Crippen LogP contribution in [-0.2, 0) is 28.0 Å². The predicted molar refractivity (Wildman–Crippen MR) is 138 cm³/mol. The largest absolute Gasteiger partial charge is 0.352 e. The van der Waals surface area contributed by atoms with E-state index in [1.165, 1.54) is 5.56 Å². The number of carbonyl (C=O) groups is 2. The van der Waals surface area contributed by atoms with Gasteiger partial charge in [-0.3, -0.25) is 9.59 Å². The molecule has 180 valence electrons. The van der Waals surface area contributed by atoms with E-state index in [0.717, 1.165) is 5.56 Å². The third-order valence-electron chi connectivity index (χ3n) is 5.65. The van der Waals surface area contributed by atoms with Crippen LogP contribution in [0.3, 0.4) is 0 Å². The van der Waals surface area contributed by atoms with Crippen molar-refractivity contribution in [2.24, 2.45) is 0 Å². The molecule has 2 aromatic carbocycles. The fourth-order valence-electron chi connectivity index (χ4n) is 3.72. The first-order valence-corrected chi connectivity index (χ1v) is 12.3. The summed E-state index contributed by atoms with van der Waals surface area (Å²) in [6.45, 7) is 12.4. The Labute approximate surface area is 208 Å². The van der Waals surface area contributed by atoms with Gasteiger partial charge in [0.15, 0.2) is 0 Å². The number of halogens is 2. The van der Waals surface area contributed by atoms with Crippen molar-refractivity contribution in [2.75, 3.05) is 0 Å². The van der Waals surface area contributed by atoms with Gasteiger partial charge in [0.05, 0.1) is 0 Å². The quantitative estimate of drug-likeness (QED) is 0.432. The van der Waals surface area contributed by atoms with Gasteiger partial charge in [0.25, 0.3) is 0 Å². The maximum absolute atomic E-state index is 13.4. The number of rotatable bonds is 9. The Balaban J connectivity index is 2.25. The fraction of sp³-hybridized carbons (Fsp3) is 0.481. The van der Waals surface area contributed by atoms with Gasteiger partial charge >= 0.3 is 0 Å². The zero-order valence-corrected chi connectivity index (χ0v) is 22.1. The van der Waals surface area contributed by atoms with E-state index in [-0.39, 0.29) is 29.8 Å². The van der Waals surface area contributed by atoms with Gasteiger partial charge in [-0.1, -0.05) is 81.2 Å². The molecule has 0 radical (unpaired) electrons. The molecule has 1 atom stereocenters. The number of aryl methyl sites for hydroxylation is 1. The van der Waals surface area contributed by atoms with E-state index in [1.807, 2.05) is 20.8 Å². The molecular formula is C27H36Cl2N2O2. The van der Waals surface area contributed by atoms with Crippen molar-refractivity contribution >= 4 is 35.0 Å². The summed E-state index contributed by atoms with van der Waals surface area (Å²) in [5.74, 6) is -0.268. The monoisotopic (exact) mass is 490 g/mol. The van der Waals surface area contributed by atoms with E-state index in [9.17, 15) is 9.59 Å². The Hall–Kier alpha value is -2.04. The Kier molecular flexibility index (Phi) is 9.81. The maximum Gasteiger partial charge on any atom is 0.243 e. The molecule has 0 aliphatic rings. The molecule has 0 bridgehead atoms. The molecule has 6 heteroatoms. The lowest BCUT2D eigenvalue weighted by Gasteiger charge is -2.32. The van der Waals surface area contributed by atoms with Crippen LogP contribution in [0.1, 0.15) is 71.1 Å². The minimum absolute atomic E-state index is 0.0197. The Morgan fingerprint density at radius 3 is 2.06 bits per heavy atom. The van der Waals surface area contributed by atoms with Crippen LogP contribution >= 0.6 is 23.2 Å². The van der Waals surface area contributed by atoms with Crippen LogP contribution < -0.4 is 5.32 Å². The molecule has 0 aromatic heterocycles. The Bertz CT molecular complexity index is 929. The molecule has 0 aliphatic heterocycles. The van der Waals surface area contributed by atoms with Crippen molar-refractivity contribution < 1.29 is 9.59 Å². The number of hydrogen-bond acceptors (Lipinski definition) is 2. The highest BCUT2D eigenvalue weighted by molar-refractivity contribution is 6.36. The van der Waals surface area contributed by atoms with Gasteiger partial charge in [0.1, 0.15) is 6.04 Å². The van der Waals surface area contributed by atoms with Crippen LogP contribution in [0.4, 0.5) is 0 Å². The number of benzene rings is 2. The first-order valence-electron chi connectivity index (χ1n) is 11.6. The minimum atomic E-state index is -0.601. The highest BCUT2D eigenvalue weighted by Gasteiger charge is 2.29. The predicted octanol–water partition coefficient (Wildman–Crippen LogP) is 6.56. The fourth-order valence-corrected chi connectivity index (χ4v) is 4.24. The lowest BCUT2D eigenvalue weighted by Crippen LogP contribution is -2.50. The molecule has 0 unspecified atom stereocenters. The van der Waals surface area contributed by atoms with Crippen LogP contribution in [0.2, 0.25) is 10.0 Å². The molecule has 2 rings (SSSR count). The van der Waals surface area contributed by atoms with Crippen LogP contribution in [-0.4, -0.2) is 28.8 Å². The van der Waals surface area contributed by atoms with Crippen LogP contribution in [0.25, 0.3) is 0 Å². The minimum Gasteiger partial charge on any atom is -0.352 e. The topological polar surface area (TPSA) is 49.4 Å². The van der Waals surface area contributed by atoms with Crippen LogP contribution in [0.15, 0.2) is 42.5 Å². The van der Waals surface area contributed by atoms with E-state index in [1.54, 1.807) is 23.1 Å². The van der Waals surface area contributed by atoms with Gasteiger partial charge in [-0.15, -0.1) is 0 Å². The van der Waals surface area contributed by atoms with Crippen molar-refractivity contribution in [1.82, 2.24) is 10.2 Å². The molecule has 33 heavy (non-hydrogen) atoms. The molecule has 0 aliphatic carbocycles.